The lowest BCUT2D eigenvalue weighted by molar-refractivity contribution is 0.102. The standard InChI is InChI=1S/C24H31N7O3/c1-30-7-4-8-31(10-9-30)23-16-25-21(15-26-23)24(32)27-22-13-18(28-29-22)6-5-17-11-19(33-2)14-20(12-17)34-3/h11-16H,4-10H2,1-3H3,(H2,27,28,29,32). The number of ether oxygens (including phenoxy) is 2. The lowest BCUT2D eigenvalue weighted by atomic mass is 10.1. The van der Waals surface area contributed by atoms with Crippen molar-refractivity contribution in [1.82, 2.24) is 25.1 Å². The number of nitrogens with zero attached hydrogens (tertiary/aromatic N) is 5. The number of methoxy groups -OCH3 is 2. The van der Waals surface area contributed by atoms with E-state index < -0.39 is 0 Å². The number of amides is 1. The molecule has 34 heavy (non-hydrogen) atoms. The van der Waals surface area contributed by atoms with Crippen molar-refractivity contribution in [1.29, 1.82) is 0 Å². The summed E-state index contributed by atoms with van der Waals surface area (Å²) in [4.78, 5) is 25.9. The number of H-pyrrole nitrogens is 1. The first-order valence-corrected chi connectivity index (χ1v) is 11.4. The Morgan fingerprint density at radius 2 is 1.79 bits per heavy atom. The van der Waals surface area contributed by atoms with Crippen molar-refractivity contribution in [2.75, 3.05) is 57.7 Å². The second-order valence-electron chi connectivity index (χ2n) is 8.36. The van der Waals surface area contributed by atoms with Gasteiger partial charge in [0.15, 0.2) is 5.82 Å². The number of aromatic amines is 1. The third-order valence-corrected chi connectivity index (χ3v) is 5.88. The van der Waals surface area contributed by atoms with Crippen LogP contribution in [0.3, 0.4) is 0 Å². The summed E-state index contributed by atoms with van der Waals surface area (Å²) in [6, 6.07) is 7.63. The number of carbonyl (C=O) groups is 1. The van der Waals surface area contributed by atoms with E-state index in [9.17, 15) is 4.79 Å². The maximum absolute atomic E-state index is 12.6. The highest BCUT2D eigenvalue weighted by Gasteiger charge is 2.16. The molecule has 1 fully saturated rings. The minimum absolute atomic E-state index is 0.253. The molecule has 2 aromatic heterocycles. The van der Waals surface area contributed by atoms with Gasteiger partial charge in [0.1, 0.15) is 23.0 Å². The van der Waals surface area contributed by atoms with Gasteiger partial charge in [0, 0.05) is 37.5 Å². The van der Waals surface area contributed by atoms with E-state index in [-0.39, 0.29) is 11.6 Å². The molecule has 0 saturated carbocycles. The highest BCUT2D eigenvalue weighted by atomic mass is 16.5. The van der Waals surface area contributed by atoms with E-state index in [4.69, 9.17) is 9.47 Å². The molecule has 10 heteroatoms. The number of anilines is 2. The Bertz CT molecular complexity index is 1080. The lowest BCUT2D eigenvalue weighted by Crippen LogP contribution is -2.29. The number of nitrogens with one attached hydrogen (secondary N) is 2. The van der Waals surface area contributed by atoms with Gasteiger partial charge >= 0.3 is 0 Å². The fourth-order valence-corrected chi connectivity index (χ4v) is 3.90. The van der Waals surface area contributed by atoms with Gasteiger partial charge in [-0.1, -0.05) is 0 Å². The van der Waals surface area contributed by atoms with Gasteiger partial charge in [-0.15, -0.1) is 0 Å². The summed E-state index contributed by atoms with van der Waals surface area (Å²) in [7, 11) is 5.39. The van der Waals surface area contributed by atoms with Crippen LogP contribution in [0.15, 0.2) is 36.7 Å². The molecule has 4 rings (SSSR count). The molecule has 1 amide bonds. The maximum atomic E-state index is 12.6. The van der Waals surface area contributed by atoms with Gasteiger partial charge < -0.3 is 24.6 Å². The zero-order valence-corrected chi connectivity index (χ0v) is 19.9. The van der Waals surface area contributed by atoms with E-state index in [1.165, 1.54) is 6.20 Å². The third-order valence-electron chi connectivity index (χ3n) is 5.88. The number of hydrogen-bond acceptors (Lipinski definition) is 8. The molecule has 0 unspecified atom stereocenters. The summed E-state index contributed by atoms with van der Waals surface area (Å²) in [5, 5.41) is 9.96. The van der Waals surface area contributed by atoms with Gasteiger partial charge in [-0.3, -0.25) is 9.89 Å². The van der Waals surface area contributed by atoms with E-state index in [0.717, 1.165) is 74.0 Å². The molecule has 0 spiro atoms. The molecule has 1 saturated heterocycles. The van der Waals surface area contributed by atoms with Crippen LogP contribution in [0.4, 0.5) is 11.6 Å². The number of hydrogen-bond donors (Lipinski definition) is 2. The average molecular weight is 466 g/mol. The molecule has 1 aromatic carbocycles. The smallest absolute Gasteiger partial charge is 0.277 e. The molecule has 1 aliphatic heterocycles. The second kappa shape index (κ2) is 11.0. The van der Waals surface area contributed by atoms with Gasteiger partial charge in [-0.2, -0.15) is 5.10 Å². The summed E-state index contributed by atoms with van der Waals surface area (Å²) in [5.74, 6) is 2.41. The second-order valence-corrected chi connectivity index (χ2v) is 8.36. The van der Waals surface area contributed by atoms with E-state index in [1.807, 2.05) is 24.3 Å². The molecule has 0 bridgehead atoms. The van der Waals surface area contributed by atoms with Crippen LogP contribution in [-0.2, 0) is 12.8 Å². The van der Waals surface area contributed by atoms with Crippen molar-refractivity contribution in [3.63, 3.8) is 0 Å². The van der Waals surface area contributed by atoms with Gasteiger partial charge in [0.05, 0.1) is 26.6 Å². The van der Waals surface area contributed by atoms with Crippen molar-refractivity contribution in [2.24, 2.45) is 0 Å². The fraction of sp³-hybridized carbons (Fsp3) is 0.417. The van der Waals surface area contributed by atoms with Crippen molar-refractivity contribution in [3.8, 4) is 11.5 Å². The quantitative estimate of drug-likeness (QED) is 0.522. The van der Waals surface area contributed by atoms with Crippen LogP contribution in [0.25, 0.3) is 0 Å². The summed E-state index contributed by atoms with van der Waals surface area (Å²) >= 11 is 0. The van der Waals surface area contributed by atoms with Crippen LogP contribution >= 0.6 is 0 Å². The Kier molecular flexibility index (Phi) is 7.58. The Morgan fingerprint density at radius 3 is 2.50 bits per heavy atom. The lowest BCUT2D eigenvalue weighted by Gasteiger charge is -2.21. The number of aryl methyl sites for hydroxylation is 2. The Morgan fingerprint density at radius 1 is 1.00 bits per heavy atom. The number of aromatic nitrogens is 4. The number of carbonyl (C=O) groups excluding carboxylic acids is 1. The van der Waals surface area contributed by atoms with Gasteiger partial charge in [0.25, 0.3) is 5.91 Å². The van der Waals surface area contributed by atoms with E-state index in [0.29, 0.717) is 5.82 Å². The summed E-state index contributed by atoms with van der Waals surface area (Å²) in [6.45, 7) is 3.89. The molecule has 1 aliphatic rings. The SMILES string of the molecule is COc1cc(CCc2cc(NC(=O)c3cnc(N4CCCN(C)CC4)cn3)n[nH]2)cc(OC)c1. The van der Waals surface area contributed by atoms with E-state index in [2.05, 4.69) is 42.3 Å². The molecular formula is C24H31N7O3. The predicted octanol–water partition coefficient (Wildman–Crippen LogP) is 2.40. The topological polar surface area (TPSA) is 109 Å². The van der Waals surface area contributed by atoms with Crippen LogP contribution in [0, 0.1) is 0 Å². The Balaban J connectivity index is 1.32. The van der Waals surface area contributed by atoms with Crippen molar-refractivity contribution in [3.05, 3.63) is 53.6 Å². The monoisotopic (exact) mass is 465 g/mol. The third kappa shape index (κ3) is 6.02. The first-order valence-electron chi connectivity index (χ1n) is 11.4. The minimum atomic E-state index is -0.342. The number of rotatable bonds is 8. The summed E-state index contributed by atoms with van der Waals surface area (Å²) < 4.78 is 10.7. The van der Waals surface area contributed by atoms with Crippen LogP contribution in [-0.4, -0.2) is 78.4 Å². The molecule has 0 atom stereocenters. The molecule has 2 N–H and O–H groups in total. The number of benzene rings is 1. The molecule has 180 valence electrons. The highest BCUT2D eigenvalue weighted by molar-refractivity contribution is 6.02. The van der Waals surface area contributed by atoms with Crippen LogP contribution in [0.1, 0.15) is 28.2 Å². The van der Waals surface area contributed by atoms with Crippen molar-refractivity contribution >= 4 is 17.5 Å². The normalized spacial score (nSPS) is 14.5. The Labute approximate surface area is 199 Å². The predicted molar refractivity (Wildman–Crippen MR) is 130 cm³/mol. The number of likely N-dealkylation sites (N-methyl/N-ethyl adjacent to an activating group) is 1. The summed E-state index contributed by atoms with van der Waals surface area (Å²) in [6.07, 6.45) is 5.75. The van der Waals surface area contributed by atoms with E-state index in [1.54, 1.807) is 20.4 Å². The molecule has 0 radical (unpaired) electrons. The first kappa shape index (κ1) is 23.5. The van der Waals surface area contributed by atoms with Crippen LogP contribution in [0.5, 0.6) is 11.5 Å². The average Bonchev–Trinajstić information content (AvgIpc) is 3.20. The van der Waals surface area contributed by atoms with Gasteiger partial charge in [-0.25, -0.2) is 9.97 Å². The van der Waals surface area contributed by atoms with E-state index >= 15 is 0 Å². The highest BCUT2D eigenvalue weighted by Crippen LogP contribution is 2.23. The van der Waals surface area contributed by atoms with Crippen molar-refractivity contribution < 1.29 is 14.3 Å². The molecule has 3 aromatic rings. The minimum Gasteiger partial charge on any atom is -0.497 e. The van der Waals surface area contributed by atoms with Gasteiger partial charge in [-0.05, 0) is 50.6 Å². The van der Waals surface area contributed by atoms with Crippen molar-refractivity contribution in [2.45, 2.75) is 19.3 Å². The van der Waals surface area contributed by atoms with Gasteiger partial charge in [0.2, 0.25) is 0 Å². The summed E-state index contributed by atoms with van der Waals surface area (Å²) in [5.41, 5.74) is 2.25. The zero-order valence-electron chi connectivity index (χ0n) is 19.9. The molecule has 3 heterocycles. The largest absolute Gasteiger partial charge is 0.497 e. The molecule has 0 aliphatic carbocycles. The fourth-order valence-electron chi connectivity index (χ4n) is 3.90. The van der Waals surface area contributed by atoms with Crippen LogP contribution < -0.4 is 19.7 Å². The van der Waals surface area contributed by atoms with Crippen LogP contribution in [0.2, 0.25) is 0 Å². The first-order chi connectivity index (χ1) is 16.5. The zero-order chi connectivity index (χ0) is 23.9. The maximum Gasteiger partial charge on any atom is 0.277 e. The molecule has 10 nitrogen and oxygen atoms in total. The molecular weight excluding hydrogens is 434 g/mol. The Hall–Kier alpha value is -3.66.